The van der Waals surface area contributed by atoms with Crippen molar-refractivity contribution >= 4 is 33.6 Å². The number of nitrogens with one attached hydrogen (secondary N) is 1. The molecular weight excluding hydrogens is 348 g/mol. The Hall–Kier alpha value is -0.520. The fraction of sp³-hybridized carbons (Fsp3) is 0.562. The Kier molecular flexibility index (Phi) is 7.07. The summed E-state index contributed by atoms with van der Waals surface area (Å²) >= 11 is 5.23. The van der Waals surface area contributed by atoms with Crippen molar-refractivity contribution in [1.29, 1.82) is 0 Å². The fourth-order valence-electron chi connectivity index (χ4n) is 2.52. The third-order valence-electron chi connectivity index (χ3n) is 3.77. The van der Waals surface area contributed by atoms with Gasteiger partial charge in [-0.25, -0.2) is 0 Å². The van der Waals surface area contributed by atoms with Gasteiger partial charge in [-0.05, 0) is 62.1 Å². The molecule has 0 spiro atoms. The molecule has 0 aromatic heterocycles. The molecule has 1 saturated carbocycles. The molecule has 1 aromatic carbocycles. The first-order chi connectivity index (χ1) is 10.1. The first kappa shape index (κ1) is 16.8. The van der Waals surface area contributed by atoms with E-state index in [1.807, 2.05) is 12.1 Å². The van der Waals surface area contributed by atoms with E-state index in [2.05, 4.69) is 33.4 Å². The number of amides is 1. The van der Waals surface area contributed by atoms with Crippen LogP contribution in [-0.4, -0.2) is 23.7 Å². The van der Waals surface area contributed by atoms with E-state index in [9.17, 15) is 4.79 Å². The number of halogens is 1. The molecule has 1 aliphatic rings. The first-order valence-electron chi connectivity index (χ1n) is 7.57. The average molecular weight is 371 g/mol. The lowest BCUT2D eigenvalue weighted by Gasteiger charge is -2.26. The van der Waals surface area contributed by atoms with Crippen LogP contribution in [-0.2, 0) is 4.79 Å². The van der Waals surface area contributed by atoms with Crippen molar-refractivity contribution in [2.24, 2.45) is 5.73 Å². The second-order valence-electron chi connectivity index (χ2n) is 5.59. The highest BCUT2D eigenvalue weighted by molar-refractivity contribution is 9.10. The number of benzene rings is 1. The Morgan fingerprint density at radius 3 is 2.57 bits per heavy atom. The van der Waals surface area contributed by atoms with E-state index < -0.39 is 0 Å². The number of nitrogens with two attached hydrogens (primary N) is 1. The molecule has 21 heavy (non-hydrogen) atoms. The van der Waals surface area contributed by atoms with Gasteiger partial charge in [-0.1, -0.05) is 15.9 Å². The lowest BCUT2D eigenvalue weighted by Crippen LogP contribution is -2.40. The van der Waals surface area contributed by atoms with Gasteiger partial charge in [0.15, 0.2) is 0 Å². The van der Waals surface area contributed by atoms with Crippen molar-refractivity contribution in [3.63, 3.8) is 0 Å². The molecule has 0 unspecified atom stereocenters. The van der Waals surface area contributed by atoms with Gasteiger partial charge >= 0.3 is 0 Å². The van der Waals surface area contributed by atoms with Crippen LogP contribution in [0.3, 0.4) is 0 Å². The normalized spacial score (nSPS) is 22.0. The van der Waals surface area contributed by atoms with Gasteiger partial charge in [0.2, 0.25) is 5.91 Å². The van der Waals surface area contributed by atoms with Crippen molar-refractivity contribution in [3.8, 4) is 0 Å². The zero-order valence-corrected chi connectivity index (χ0v) is 14.6. The van der Waals surface area contributed by atoms with Crippen LogP contribution < -0.4 is 11.1 Å². The Morgan fingerprint density at radius 1 is 1.24 bits per heavy atom. The largest absolute Gasteiger partial charge is 0.353 e. The number of hydrogen-bond acceptors (Lipinski definition) is 3. The topological polar surface area (TPSA) is 55.1 Å². The van der Waals surface area contributed by atoms with Gasteiger partial charge < -0.3 is 11.1 Å². The van der Waals surface area contributed by atoms with Crippen LogP contribution in [0.2, 0.25) is 0 Å². The maximum atomic E-state index is 11.9. The third kappa shape index (κ3) is 6.41. The third-order valence-corrected chi connectivity index (χ3v) is 5.39. The predicted octanol–water partition coefficient (Wildman–Crippen LogP) is 3.71. The quantitative estimate of drug-likeness (QED) is 0.592. The minimum Gasteiger partial charge on any atom is -0.353 e. The summed E-state index contributed by atoms with van der Waals surface area (Å²) in [6.07, 6.45) is 5.65. The molecule has 2 rings (SSSR count). The molecule has 1 amide bonds. The van der Waals surface area contributed by atoms with E-state index in [1.165, 1.54) is 4.90 Å². The van der Waals surface area contributed by atoms with E-state index in [0.717, 1.165) is 42.3 Å². The van der Waals surface area contributed by atoms with E-state index in [-0.39, 0.29) is 5.91 Å². The molecule has 116 valence electrons. The number of carbonyl (C=O) groups is 1. The molecule has 0 bridgehead atoms. The smallest absolute Gasteiger partial charge is 0.220 e. The Balaban J connectivity index is 1.58. The van der Waals surface area contributed by atoms with Crippen molar-refractivity contribution in [2.45, 2.75) is 55.5 Å². The molecule has 3 nitrogen and oxygen atoms in total. The van der Waals surface area contributed by atoms with Gasteiger partial charge in [-0.15, -0.1) is 11.8 Å². The summed E-state index contributed by atoms with van der Waals surface area (Å²) in [5, 5.41) is 3.14. The second kappa shape index (κ2) is 8.81. The number of carbonyl (C=O) groups excluding carboxylic acids is 1. The van der Waals surface area contributed by atoms with Crippen molar-refractivity contribution < 1.29 is 4.79 Å². The van der Waals surface area contributed by atoms with Crippen LogP contribution in [0.4, 0.5) is 0 Å². The van der Waals surface area contributed by atoms with Gasteiger partial charge in [-0.3, -0.25) is 4.79 Å². The molecule has 0 heterocycles. The van der Waals surface area contributed by atoms with Crippen LogP contribution in [0.5, 0.6) is 0 Å². The fourth-order valence-corrected chi connectivity index (χ4v) is 3.63. The Labute approximate surface area is 139 Å². The lowest BCUT2D eigenvalue weighted by molar-refractivity contribution is -0.122. The SMILES string of the molecule is NC1CCC(NC(=O)CCCSc2ccc(Br)cc2)CC1. The van der Waals surface area contributed by atoms with Gasteiger partial charge in [0.25, 0.3) is 0 Å². The van der Waals surface area contributed by atoms with Crippen LogP contribution in [0, 0.1) is 0 Å². The summed E-state index contributed by atoms with van der Waals surface area (Å²) in [5.74, 6) is 1.16. The molecular formula is C16H23BrN2OS. The maximum Gasteiger partial charge on any atom is 0.220 e. The minimum absolute atomic E-state index is 0.187. The lowest BCUT2D eigenvalue weighted by atomic mass is 9.92. The molecule has 1 aliphatic carbocycles. The highest BCUT2D eigenvalue weighted by Gasteiger charge is 2.19. The van der Waals surface area contributed by atoms with Gasteiger partial charge in [0.1, 0.15) is 0 Å². The molecule has 0 aliphatic heterocycles. The van der Waals surface area contributed by atoms with E-state index in [1.54, 1.807) is 11.8 Å². The van der Waals surface area contributed by atoms with Crippen LogP contribution in [0.25, 0.3) is 0 Å². The van der Waals surface area contributed by atoms with Crippen LogP contribution in [0.15, 0.2) is 33.6 Å². The zero-order valence-electron chi connectivity index (χ0n) is 12.2. The van der Waals surface area contributed by atoms with Crippen LogP contribution in [0.1, 0.15) is 38.5 Å². The monoisotopic (exact) mass is 370 g/mol. The second-order valence-corrected chi connectivity index (χ2v) is 7.67. The van der Waals surface area contributed by atoms with Crippen molar-refractivity contribution in [2.75, 3.05) is 5.75 Å². The molecule has 1 aromatic rings. The van der Waals surface area contributed by atoms with Crippen LogP contribution >= 0.6 is 27.7 Å². The first-order valence-corrected chi connectivity index (χ1v) is 9.34. The van der Waals surface area contributed by atoms with E-state index in [0.29, 0.717) is 18.5 Å². The summed E-state index contributed by atoms with van der Waals surface area (Å²) in [6, 6.07) is 8.96. The highest BCUT2D eigenvalue weighted by atomic mass is 79.9. The minimum atomic E-state index is 0.187. The van der Waals surface area contributed by atoms with E-state index >= 15 is 0 Å². The number of thioether (sulfide) groups is 1. The Morgan fingerprint density at radius 2 is 1.90 bits per heavy atom. The summed E-state index contributed by atoms with van der Waals surface area (Å²) in [7, 11) is 0. The average Bonchev–Trinajstić information content (AvgIpc) is 2.48. The molecule has 0 saturated heterocycles. The van der Waals surface area contributed by atoms with Gasteiger partial charge in [-0.2, -0.15) is 0 Å². The summed E-state index contributed by atoms with van der Waals surface area (Å²) < 4.78 is 1.10. The summed E-state index contributed by atoms with van der Waals surface area (Å²) in [6.45, 7) is 0. The van der Waals surface area contributed by atoms with Crippen molar-refractivity contribution in [1.82, 2.24) is 5.32 Å². The van der Waals surface area contributed by atoms with Gasteiger partial charge in [0.05, 0.1) is 0 Å². The molecule has 1 fully saturated rings. The summed E-state index contributed by atoms with van der Waals surface area (Å²) in [5.41, 5.74) is 5.87. The molecule has 0 radical (unpaired) electrons. The molecule has 5 heteroatoms. The zero-order chi connectivity index (χ0) is 15.1. The number of rotatable bonds is 6. The number of hydrogen-bond donors (Lipinski definition) is 2. The molecule has 3 N–H and O–H groups in total. The molecule has 0 atom stereocenters. The predicted molar refractivity (Wildman–Crippen MR) is 92.5 cm³/mol. The van der Waals surface area contributed by atoms with Crippen molar-refractivity contribution in [3.05, 3.63) is 28.7 Å². The standard InChI is InChI=1S/C16H23BrN2OS/c17-12-3-9-15(10-4-12)21-11-1-2-16(20)19-14-7-5-13(18)6-8-14/h3-4,9-10,13-14H,1-2,5-8,11,18H2,(H,19,20). The maximum absolute atomic E-state index is 11.9. The van der Waals surface area contributed by atoms with E-state index in [4.69, 9.17) is 5.73 Å². The summed E-state index contributed by atoms with van der Waals surface area (Å²) in [4.78, 5) is 13.1. The Bertz CT molecular complexity index is 444. The highest BCUT2D eigenvalue weighted by Crippen LogP contribution is 2.22. The van der Waals surface area contributed by atoms with Gasteiger partial charge in [0, 0.05) is 27.9 Å².